The Hall–Kier alpha value is -1.09. The second-order valence-electron chi connectivity index (χ2n) is 2.33. The summed E-state index contributed by atoms with van der Waals surface area (Å²) in [5.41, 5.74) is 1.06. The summed E-state index contributed by atoms with van der Waals surface area (Å²) in [5, 5.41) is 8.60. The highest BCUT2D eigenvalue weighted by Gasteiger charge is 2.02. The number of pyridine rings is 1. The zero-order chi connectivity index (χ0) is 8.97. The summed E-state index contributed by atoms with van der Waals surface area (Å²) in [6, 6.07) is 1.58. The van der Waals surface area contributed by atoms with Crippen LogP contribution in [0.2, 0.25) is 0 Å². The summed E-state index contributed by atoms with van der Waals surface area (Å²) in [5.74, 6) is -0.482. The normalized spacial score (nSPS) is 9.75. The zero-order valence-corrected chi connectivity index (χ0v) is 7.08. The lowest BCUT2D eigenvalue weighted by Crippen LogP contribution is -1.99. The average Bonchev–Trinajstić information content (AvgIpc) is 2.05. The second-order valence-corrected chi connectivity index (χ2v) is 2.70. The molecule has 4 heteroatoms. The minimum absolute atomic E-state index is 0.206. The van der Waals surface area contributed by atoms with Crippen molar-refractivity contribution in [1.29, 1.82) is 0 Å². The standard InChI is InChI=1S/C8H8ClNO2/c9-2-1-6-3-7(8(11)12)5-10-4-6/h3-5H,1-2H2,(H,11,12). The van der Waals surface area contributed by atoms with E-state index < -0.39 is 5.97 Å². The first-order chi connectivity index (χ1) is 5.74. The molecule has 0 aliphatic carbocycles. The first-order valence-electron chi connectivity index (χ1n) is 3.47. The van der Waals surface area contributed by atoms with E-state index in [1.54, 1.807) is 12.3 Å². The number of alkyl halides is 1. The van der Waals surface area contributed by atoms with E-state index in [1.807, 2.05) is 0 Å². The van der Waals surface area contributed by atoms with Crippen molar-refractivity contribution in [2.45, 2.75) is 6.42 Å². The van der Waals surface area contributed by atoms with Gasteiger partial charge in [-0.3, -0.25) is 4.98 Å². The van der Waals surface area contributed by atoms with Crippen LogP contribution in [0.4, 0.5) is 0 Å². The van der Waals surface area contributed by atoms with Gasteiger partial charge < -0.3 is 5.11 Å². The predicted molar refractivity (Wildman–Crippen MR) is 45.6 cm³/mol. The van der Waals surface area contributed by atoms with Gasteiger partial charge in [0.05, 0.1) is 5.56 Å². The SMILES string of the molecule is O=C(O)c1cncc(CCCl)c1. The number of nitrogens with zero attached hydrogens (tertiary/aromatic N) is 1. The summed E-state index contributed by atoms with van der Waals surface area (Å²) < 4.78 is 0. The summed E-state index contributed by atoms with van der Waals surface area (Å²) in [7, 11) is 0. The third kappa shape index (κ3) is 2.20. The molecule has 0 atom stereocenters. The number of aryl methyl sites for hydroxylation is 1. The fourth-order valence-corrected chi connectivity index (χ4v) is 1.07. The summed E-state index contributed by atoms with van der Waals surface area (Å²) in [6.45, 7) is 0. The van der Waals surface area contributed by atoms with E-state index in [1.165, 1.54) is 6.20 Å². The molecule has 1 heterocycles. The number of carboxylic acid groups (broad SMARTS) is 1. The molecule has 1 aromatic heterocycles. The topological polar surface area (TPSA) is 50.2 Å². The molecule has 1 aromatic rings. The number of carbonyl (C=O) groups is 1. The van der Waals surface area contributed by atoms with Crippen LogP contribution in [-0.4, -0.2) is 21.9 Å². The van der Waals surface area contributed by atoms with Crippen molar-refractivity contribution in [3.63, 3.8) is 0 Å². The van der Waals surface area contributed by atoms with Gasteiger partial charge in [-0.05, 0) is 18.1 Å². The maximum absolute atomic E-state index is 10.5. The van der Waals surface area contributed by atoms with Crippen LogP contribution in [-0.2, 0) is 6.42 Å². The molecule has 0 aliphatic heterocycles. The van der Waals surface area contributed by atoms with Crippen LogP contribution in [0.25, 0.3) is 0 Å². The molecular formula is C8H8ClNO2. The van der Waals surface area contributed by atoms with Gasteiger partial charge in [0, 0.05) is 18.3 Å². The molecule has 0 aromatic carbocycles. The highest BCUT2D eigenvalue weighted by atomic mass is 35.5. The van der Waals surface area contributed by atoms with E-state index in [4.69, 9.17) is 16.7 Å². The molecule has 1 rings (SSSR count). The molecule has 0 saturated carbocycles. The lowest BCUT2D eigenvalue weighted by Gasteiger charge is -1.97. The number of hydrogen-bond donors (Lipinski definition) is 1. The molecule has 3 nitrogen and oxygen atoms in total. The molecule has 0 amide bonds. The predicted octanol–water partition coefficient (Wildman–Crippen LogP) is 1.56. The molecule has 0 radical (unpaired) electrons. The maximum Gasteiger partial charge on any atom is 0.337 e. The van der Waals surface area contributed by atoms with Gasteiger partial charge in [-0.2, -0.15) is 0 Å². The van der Waals surface area contributed by atoms with Crippen molar-refractivity contribution >= 4 is 17.6 Å². The van der Waals surface area contributed by atoms with E-state index in [0.29, 0.717) is 12.3 Å². The first-order valence-corrected chi connectivity index (χ1v) is 4.00. The summed E-state index contributed by atoms with van der Waals surface area (Å²) in [4.78, 5) is 14.3. The maximum atomic E-state index is 10.5. The van der Waals surface area contributed by atoms with Gasteiger partial charge in [-0.25, -0.2) is 4.79 Å². The zero-order valence-electron chi connectivity index (χ0n) is 6.33. The van der Waals surface area contributed by atoms with E-state index in [2.05, 4.69) is 4.98 Å². The van der Waals surface area contributed by atoms with Crippen LogP contribution in [0.5, 0.6) is 0 Å². The Morgan fingerprint density at radius 3 is 2.92 bits per heavy atom. The van der Waals surface area contributed by atoms with E-state index in [-0.39, 0.29) is 5.56 Å². The van der Waals surface area contributed by atoms with Crippen molar-refractivity contribution in [2.24, 2.45) is 0 Å². The average molecular weight is 186 g/mol. The first kappa shape index (κ1) is 9.00. The smallest absolute Gasteiger partial charge is 0.337 e. The summed E-state index contributed by atoms with van der Waals surface area (Å²) in [6.07, 6.45) is 3.59. The lowest BCUT2D eigenvalue weighted by atomic mass is 10.2. The van der Waals surface area contributed by atoms with Crippen LogP contribution in [0.15, 0.2) is 18.5 Å². The largest absolute Gasteiger partial charge is 0.478 e. The van der Waals surface area contributed by atoms with Crippen LogP contribution >= 0.6 is 11.6 Å². The Balaban J connectivity index is 2.88. The molecule has 12 heavy (non-hydrogen) atoms. The minimum atomic E-state index is -0.959. The Morgan fingerprint density at radius 1 is 1.58 bits per heavy atom. The molecule has 0 aliphatic rings. The van der Waals surface area contributed by atoms with Crippen molar-refractivity contribution in [1.82, 2.24) is 4.98 Å². The fourth-order valence-electron chi connectivity index (χ4n) is 0.850. The molecule has 0 spiro atoms. The third-order valence-corrected chi connectivity index (χ3v) is 1.61. The van der Waals surface area contributed by atoms with Crippen molar-refractivity contribution in [3.8, 4) is 0 Å². The number of carboxylic acids is 1. The lowest BCUT2D eigenvalue weighted by molar-refractivity contribution is 0.0696. The van der Waals surface area contributed by atoms with Gasteiger partial charge in [0.25, 0.3) is 0 Å². The Morgan fingerprint density at radius 2 is 2.33 bits per heavy atom. The van der Waals surface area contributed by atoms with Crippen LogP contribution in [0, 0.1) is 0 Å². The van der Waals surface area contributed by atoms with Crippen LogP contribution < -0.4 is 0 Å². The number of aromatic carboxylic acids is 1. The molecule has 0 unspecified atom stereocenters. The van der Waals surface area contributed by atoms with Gasteiger partial charge in [0.15, 0.2) is 0 Å². The van der Waals surface area contributed by atoms with Crippen molar-refractivity contribution in [2.75, 3.05) is 5.88 Å². The van der Waals surface area contributed by atoms with Gasteiger partial charge in [0.1, 0.15) is 0 Å². The highest BCUT2D eigenvalue weighted by Crippen LogP contribution is 2.04. The fraction of sp³-hybridized carbons (Fsp3) is 0.250. The molecular weight excluding hydrogens is 178 g/mol. The minimum Gasteiger partial charge on any atom is -0.478 e. The number of hydrogen-bond acceptors (Lipinski definition) is 2. The molecule has 0 bridgehead atoms. The molecule has 0 fully saturated rings. The van der Waals surface area contributed by atoms with Crippen molar-refractivity contribution in [3.05, 3.63) is 29.6 Å². The van der Waals surface area contributed by atoms with Crippen LogP contribution in [0.1, 0.15) is 15.9 Å². The van der Waals surface area contributed by atoms with E-state index >= 15 is 0 Å². The van der Waals surface area contributed by atoms with Gasteiger partial charge in [-0.1, -0.05) is 0 Å². The van der Waals surface area contributed by atoms with Crippen LogP contribution in [0.3, 0.4) is 0 Å². The Labute approximate surface area is 75.0 Å². The van der Waals surface area contributed by atoms with Gasteiger partial charge in [-0.15, -0.1) is 11.6 Å². The number of halogens is 1. The van der Waals surface area contributed by atoms with Gasteiger partial charge >= 0.3 is 5.97 Å². The third-order valence-electron chi connectivity index (χ3n) is 1.42. The Bertz CT molecular complexity index is 288. The molecule has 64 valence electrons. The second kappa shape index (κ2) is 4.07. The monoisotopic (exact) mass is 185 g/mol. The number of rotatable bonds is 3. The Kier molecular flexibility index (Phi) is 3.05. The van der Waals surface area contributed by atoms with Crippen molar-refractivity contribution < 1.29 is 9.90 Å². The van der Waals surface area contributed by atoms with E-state index in [0.717, 1.165) is 5.56 Å². The van der Waals surface area contributed by atoms with E-state index in [9.17, 15) is 4.79 Å². The quantitative estimate of drug-likeness (QED) is 0.728. The number of aromatic nitrogens is 1. The summed E-state index contributed by atoms with van der Waals surface area (Å²) >= 11 is 5.49. The van der Waals surface area contributed by atoms with Gasteiger partial charge in [0.2, 0.25) is 0 Å². The molecule has 1 N–H and O–H groups in total. The highest BCUT2D eigenvalue weighted by molar-refractivity contribution is 6.18. The molecule has 0 saturated heterocycles.